The smallest absolute Gasteiger partial charge is 0.0679 e. The fourth-order valence-electron chi connectivity index (χ4n) is 3.64. The van der Waals surface area contributed by atoms with Crippen molar-refractivity contribution < 1.29 is 0 Å². The molecule has 0 bridgehead atoms. The molecule has 1 aliphatic rings. The van der Waals surface area contributed by atoms with Crippen LogP contribution in [0.2, 0.25) is 0 Å². The largest absolute Gasteiger partial charge is 0.398 e. The summed E-state index contributed by atoms with van der Waals surface area (Å²) in [6.45, 7) is 6.75. The standard InChI is InChI=1S/C15H27N5/c1-3-15(4-2,20-9-5-6-10-20)14(19-17)12-11-18-8-7-13(12)16/h7-8,11,14,19H,3-6,9-10,17H2,1-2H3,(H2,16,18). The Morgan fingerprint density at radius 2 is 2.00 bits per heavy atom. The van der Waals surface area contributed by atoms with Crippen LogP contribution in [0.25, 0.3) is 0 Å². The molecule has 112 valence electrons. The first-order valence-corrected chi connectivity index (χ1v) is 7.60. The van der Waals surface area contributed by atoms with Crippen LogP contribution in [0.1, 0.15) is 51.1 Å². The molecule has 5 heteroatoms. The highest BCUT2D eigenvalue weighted by Gasteiger charge is 2.43. The Bertz CT molecular complexity index is 424. The number of nitrogens with zero attached hydrogens (tertiary/aromatic N) is 2. The van der Waals surface area contributed by atoms with Gasteiger partial charge in [0.15, 0.2) is 0 Å². The van der Waals surface area contributed by atoms with Gasteiger partial charge in [0.25, 0.3) is 0 Å². The van der Waals surface area contributed by atoms with E-state index in [2.05, 4.69) is 29.2 Å². The molecule has 5 nitrogen and oxygen atoms in total. The zero-order chi connectivity index (χ0) is 14.6. The van der Waals surface area contributed by atoms with Crippen LogP contribution in [0.3, 0.4) is 0 Å². The maximum atomic E-state index is 6.15. The van der Waals surface area contributed by atoms with E-state index in [-0.39, 0.29) is 11.6 Å². The van der Waals surface area contributed by atoms with E-state index in [0.29, 0.717) is 0 Å². The van der Waals surface area contributed by atoms with Gasteiger partial charge in [-0.25, -0.2) is 0 Å². The monoisotopic (exact) mass is 277 g/mol. The molecule has 2 heterocycles. The summed E-state index contributed by atoms with van der Waals surface area (Å²) in [6, 6.07) is 1.85. The fraction of sp³-hybridized carbons (Fsp3) is 0.667. The van der Waals surface area contributed by atoms with Crippen molar-refractivity contribution in [3.05, 3.63) is 24.0 Å². The minimum Gasteiger partial charge on any atom is -0.398 e. The molecule has 1 saturated heterocycles. The normalized spacial score (nSPS) is 18.4. The van der Waals surface area contributed by atoms with Crippen LogP contribution in [-0.4, -0.2) is 28.5 Å². The third kappa shape index (κ3) is 2.53. The molecule has 0 radical (unpaired) electrons. The second kappa shape index (κ2) is 6.52. The molecule has 0 amide bonds. The van der Waals surface area contributed by atoms with Crippen molar-refractivity contribution in [3.63, 3.8) is 0 Å². The summed E-state index contributed by atoms with van der Waals surface area (Å²) in [5, 5.41) is 0. The molecule has 1 aliphatic heterocycles. The van der Waals surface area contributed by atoms with Gasteiger partial charge in [0.2, 0.25) is 0 Å². The number of hydrogen-bond acceptors (Lipinski definition) is 5. The molecule has 2 rings (SSSR count). The van der Waals surface area contributed by atoms with Crippen LogP contribution < -0.4 is 17.0 Å². The van der Waals surface area contributed by atoms with Crippen molar-refractivity contribution in [2.24, 2.45) is 5.84 Å². The molecule has 1 atom stereocenters. The molecule has 0 aromatic carbocycles. The van der Waals surface area contributed by atoms with Crippen LogP contribution >= 0.6 is 0 Å². The highest BCUT2D eigenvalue weighted by Crippen LogP contribution is 2.40. The summed E-state index contributed by atoms with van der Waals surface area (Å²) >= 11 is 0. The van der Waals surface area contributed by atoms with Crippen molar-refractivity contribution in [2.75, 3.05) is 18.8 Å². The minimum absolute atomic E-state index is 0.00238. The Hall–Kier alpha value is -1.17. The molecular formula is C15H27N5. The predicted molar refractivity (Wildman–Crippen MR) is 82.8 cm³/mol. The van der Waals surface area contributed by atoms with Crippen molar-refractivity contribution in [1.82, 2.24) is 15.3 Å². The number of anilines is 1. The topological polar surface area (TPSA) is 80.2 Å². The van der Waals surface area contributed by atoms with Gasteiger partial charge in [-0.2, -0.15) is 0 Å². The number of nitrogen functional groups attached to an aromatic ring is 1. The summed E-state index contributed by atoms with van der Waals surface area (Å²) in [4.78, 5) is 6.80. The highest BCUT2D eigenvalue weighted by atomic mass is 15.3. The van der Waals surface area contributed by atoms with Gasteiger partial charge in [-0.1, -0.05) is 13.8 Å². The van der Waals surface area contributed by atoms with Crippen molar-refractivity contribution in [1.29, 1.82) is 0 Å². The zero-order valence-corrected chi connectivity index (χ0v) is 12.6. The number of hydrazine groups is 1. The number of nitrogens with two attached hydrogens (primary N) is 2. The molecule has 0 spiro atoms. The third-order valence-electron chi connectivity index (χ3n) is 4.86. The first-order valence-electron chi connectivity index (χ1n) is 7.60. The Kier molecular flexibility index (Phi) is 4.96. The quantitative estimate of drug-likeness (QED) is 0.546. The van der Waals surface area contributed by atoms with E-state index in [1.165, 1.54) is 12.8 Å². The first kappa shape index (κ1) is 15.2. The lowest BCUT2D eigenvalue weighted by molar-refractivity contribution is 0.0618. The molecule has 5 N–H and O–H groups in total. The lowest BCUT2D eigenvalue weighted by Gasteiger charge is -2.46. The van der Waals surface area contributed by atoms with Crippen LogP contribution in [0.4, 0.5) is 5.69 Å². The molecule has 0 saturated carbocycles. The molecule has 1 unspecified atom stereocenters. The van der Waals surface area contributed by atoms with Gasteiger partial charge in [0, 0.05) is 29.2 Å². The molecule has 1 fully saturated rings. The van der Waals surface area contributed by atoms with Crippen molar-refractivity contribution >= 4 is 5.69 Å². The average molecular weight is 277 g/mol. The number of likely N-dealkylation sites (tertiary alicyclic amines) is 1. The SMILES string of the molecule is CCC(CC)(C(NN)c1cnccc1N)N1CCCC1. The van der Waals surface area contributed by atoms with Gasteiger partial charge in [0.1, 0.15) is 0 Å². The summed E-state index contributed by atoms with van der Waals surface area (Å²) in [6.07, 6.45) is 8.17. The lowest BCUT2D eigenvalue weighted by Crippen LogP contribution is -2.56. The van der Waals surface area contributed by atoms with E-state index in [4.69, 9.17) is 11.6 Å². The average Bonchev–Trinajstić information content (AvgIpc) is 3.01. The number of rotatable bonds is 6. The number of nitrogens with one attached hydrogen (secondary N) is 1. The Morgan fingerprint density at radius 3 is 2.50 bits per heavy atom. The summed E-state index contributed by atoms with van der Waals surface area (Å²) in [5.74, 6) is 5.92. The van der Waals surface area contributed by atoms with E-state index in [0.717, 1.165) is 37.2 Å². The minimum atomic E-state index is 0.00238. The van der Waals surface area contributed by atoms with Crippen LogP contribution in [0.15, 0.2) is 18.5 Å². The van der Waals surface area contributed by atoms with Crippen molar-refractivity contribution in [2.45, 2.75) is 51.1 Å². The zero-order valence-electron chi connectivity index (χ0n) is 12.6. The van der Waals surface area contributed by atoms with Gasteiger partial charge in [-0.05, 0) is 44.8 Å². The van der Waals surface area contributed by atoms with Gasteiger partial charge >= 0.3 is 0 Å². The van der Waals surface area contributed by atoms with Crippen LogP contribution in [0.5, 0.6) is 0 Å². The Balaban J connectivity index is 2.42. The lowest BCUT2D eigenvalue weighted by atomic mass is 9.79. The first-order chi connectivity index (χ1) is 9.69. The number of hydrogen-bond donors (Lipinski definition) is 3. The second-order valence-electron chi connectivity index (χ2n) is 5.61. The van der Waals surface area contributed by atoms with Crippen LogP contribution in [0, 0.1) is 0 Å². The highest BCUT2D eigenvalue weighted by molar-refractivity contribution is 5.47. The maximum Gasteiger partial charge on any atom is 0.0679 e. The summed E-state index contributed by atoms with van der Waals surface area (Å²) in [5.41, 5.74) is 10.9. The van der Waals surface area contributed by atoms with Gasteiger partial charge in [0.05, 0.1) is 6.04 Å². The molecule has 20 heavy (non-hydrogen) atoms. The second-order valence-corrected chi connectivity index (χ2v) is 5.61. The van der Waals surface area contributed by atoms with Gasteiger partial charge in [-0.15, -0.1) is 0 Å². The fourth-order valence-corrected chi connectivity index (χ4v) is 3.64. The van der Waals surface area contributed by atoms with E-state index in [1.54, 1.807) is 6.20 Å². The number of pyridine rings is 1. The van der Waals surface area contributed by atoms with E-state index < -0.39 is 0 Å². The van der Waals surface area contributed by atoms with E-state index in [1.807, 2.05) is 12.3 Å². The van der Waals surface area contributed by atoms with Crippen LogP contribution in [-0.2, 0) is 0 Å². The summed E-state index contributed by atoms with van der Waals surface area (Å²) < 4.78 is 0. The van der Waals surface area contributed by atoms with E-state index >= 15 is 0 Å². The Morgan fingerprint density at radius 1 is 1.35 bits per heavy atom. The summed E-state index contributed by atoms with van der Waals surface area (Å²) in [7, 11) is 0. The molecular weight excluding hydrogens is 250 g/mol. The molecule has 0 aliphatic carbocycles. The van der Waals surface area contributed by atoms with Gasteiger partial charge in [-0.3, -0.25) is 21.2 Å². The molecule has 1 aromatic rings. The van der Waals surface area contributed by atoms with E-state index in [9.17, 15) is 0 Å². The Labute approximate surface area is 121 Å². The third-order valence-corrected chi connectivity index (χ3v) is 4.86. The predicted octanol–water partition coefficient (Wildman–Crippen LogP) is 1.82. The molecule has 1 aromatic heterocycles. The van der Waals surface area contributed by atoms with Crippen molar-refractivity contribution in [3.8, 4) is 0 Å². The maximum absolute atomic E-state index is 6.15. The van der Waals surface area contributed by atoms with Gasteiger partial charge < -0.3 is 5.73 Å². The number of aromatic nitrogens is 1.